The van der Waals surface area contributed by atoms with Crippen LogP contribution in [0.15, 0.2) is 24.3 Å². The predicted octanol–water partition coefficient (Wildman–Crippen LogP) is 1.75. The summed E-state index contributed by atoms with van der Waals surface area (Å²) in [7, 11) is 0. The van der Waals surface area contributed by atoms with E-state index in [0.29, 0.717) is 5.02 Å². The number of hydrogen-bond donors (Lipinski definition) is 1. The Hall–Kier alpha value is -1.55. The highest BCUT2D eigenvalue weighted by Crippen LogP contribution is 2.25. The summed E-state index contributed by atoms with van der Waals surface area (Å²) in [6.07, 6.45) is 0. The normalized spacial score (nSPS) is 21.7. The van der Waals surface area contributed by atoms with Crippen molar-refractivity contribution >= 4 is 23.4 Å². The van der Waals surface area contributed by atoms with Gasteiger partial charge in [-0.05, 0) is 31.5 Å². The van der Waals surface area contributed by atoms with Crippen LogP contribution in [0.5, 0.6) is 0 Å². The number of nitrogens with zero attached hydrogens (tertiary/aromatic N) is 1. The first-order valence-corrected chi connectivity index (χ1v) is 6.23. The van der Waals surface area contributed by atoms with Gasteiger partial charge < -0.3 is 10.2 Å². The summed E-state index contributed by atoms with van der Waals surface area (Å²) >= 11 is 5.84. The van der Waals surface area contributed by atoms with Crippen molar-refractivity contribution in [2.24, 2.45) is 0 Å². The van der Waals surface area contributed by atoms with E-state index in [2.05, 4.69) is 5.32 Å². The van der Waals surface area contributed by atoms with Gasteiger partial charge in [-0.15, -0.1) is 0 Å². The average molecular weight is 267 g/mol. The zero-order valence-corrected chi connectivity index (χ0v) is 11.1. The van der Waals surface area contributed by atoms with Gasteiger partial charge in [-0.2, -0.15) is 0 Å². The van der Waals surface area contributed by atoms with Crippen molar-refractivity contribution in [1.82, 2.24) is 10.2 Å². The molecule has 2 rings (SSSR count). The standard InChI is InChI=1S/C13H15ClN2O2/c1-8(10-3-5-11(14)6-4-10)16-9(2)13(18)15-7-12(16)17/h3-6,8-9H,7H2,1-2H3,(H,15,18). The van der Waals surface area contributed by atoms with Gasteiger partial charge in [-0.1, -0.05) is 23.7 Å². The molecule has 4 nitrogen and oxygen atoms in total. The summed E-state index contributed by atoms with van der Waals surface area (Å²) in [5, 5.41) is 3.23. The van der Waals surface area contributed by atoms with E-state index in [9.17, 15) is 9.59 Å². The minimum Gasteiger partial charge on any atom is -0.345 e. The van der Waals surface area contributed by atoms with Crippen LogP contribution in [0.3, 0.4) is 0 Å². The third-order valence-corrected chi connectivity index (χ3v) is 3.52. The van der Waals surface area contributed by atoms with Crippen molar-refractivity contribution in [3.63, 3.8) is 0 Å². The molecular weight excluding hydrogens is 252 g/mol. The third-order valence-electron chi connectivity index (χ3n) is 3.27. The largest absolute Gasteiger partial charge is 0.345 e. The number of nitrogens with one attached hydrogen (secondary N) is 1. The van der Waals surface area contributed by atoms with Crippen molar-refractivity contribution in [3.05, 3.63) is 34.9 Å². The Morgan fingerprint density at radius 3 is 2.56 bits per heavy atom. The summed E-state index contributed by atoms with van der Waals surface area (Å²) < 4.78 is 0. The van der Waals surface area contributed by atoms with Gasteiger partial charge in [0.2, 0.25) is 11.8 Å². The molecule has 1 aliphatic rings. The number of hydrogen-bond acceptors (Lipinski definition) is 2. The molecule has 0 radical (unpaired) electrons. The van der Waals surface area contributed by atoms with Gasteiger partial charge in [0.25, 0.3) is 0 Å². The molecule has 2 unspecified atom stereocenters. The summed E-state index contributed by atoms with van der Waals surface area (Å²) in [6, 6.07) is 6.73. The minimum atomic E-state index is -0.447. The first kappa shape index (κ1) is 12.9. The molecule has 0 aromatic heterocycles. The van der Waals surface area contributed by atoms with Gasteiger partial charge in [-0.25, -0.2) is 0 Å². The molecule has 0 bridgehead atoms. The van der Waals surface area contributed by atoms with E-state index in [4.69, 9.17) is 11.6 Å². The molecule has 18 heavy (non-hydrogen) atoms. The molecule has 1 heterocycles. The van der Waals surface area contributed by atoms with Gasteiger partial charge in [0.05, 0.1) is 12.6 Å². The lowest BCUT2D eigenvalue weighted by atomic mass is 10.0. The lowest BCUT2D eigenvalue weighted by Crippen LogP contribution is -2.57. The molecule has 1 aliphatic heterocycles. The van der Waals surface area contributed by atoms with E-state index in [-0.39, 0.29) is 24.4 Å². The second-order valence-corrected chi connectivity index (χ2v) is 4.86. The van der Waals surface area contributed by atoms with Gasteiger partial charge in [-0.3, -0.25) is 9.59 Å². The Morgan fingerprint density at radius 2 is 1.94 bits per heavy atom. The highest BCUT2D eigenvalue weighted by atomic mass is 35.5. The Kier molecular flexibility index (Phi) is 3.57. The molecular formula is C13H15ClN2O2. The summed E-state index contributed by atoms with van der Waals surface area (Å²) in [5.74, 6) is -0.181. The fourth-order valence-corrected chi connectivity index (χ4v) is 2.32. The molecule has 0 spiro atoms. The molecule has 96 valence electrons. The number of carbonyl (C=O) groups excluding carboxylic acids is 2. The highest BCUT2D eigenvalue weighted by Gasteiger charge is 2.34. The van der Waals surface area contributed by atoms with Gasteiger partial charge >= 0.3 is 0 Å². The first-order valence-electron chi connectivity index (χ1n) is 5.85. The molecule has 1 aromatic rings. The van der Waals surface area contributed by atoms with Crippen LogP contribution in [0.1, 0.15) is 25.5 Å². The number of piperazine rings is 1. The van der Waals surface area contributed by atoms with Crippen molar-refractivity contribution in [2.75, 3.05) is 6.54 Å². The summed E-state index contributed by atoms with van der Waals surface area (Å²) in [4.78, 5) is 25.1. The van der Waals surface area contributed by atoms with Crippen LogP contribution >= 0.6 is 11.6 Å². The maximum absolute atomic E-state index is 11.9. The second kappa shape index (κ2) is 4.98. The van der Waals surface area contributed by atoms with E-state index in [1.165, 1.54) is 0 Å². The van der Waals surface area contributed by atoms with Crippen molar-refractivity contribution in [2.45, 2.75) is 25.9 Å². The summed E-state index contributed by atoms with van der Waals surface area (Å²) in [6.45, 7) is 3.72. The first-order chi connectivity index (χ1) is 8.50. The van der Waals surface area contributed by atoms with E-state index in [1.54, 1.807) is 24.0 Å². The molecule has 1 saturated heterocycles. The fraction of sp³-hybridized carbons (Fsp3) is 0.385. The zero-order valence-electron chi connectivity index (χ0n) is 10.3. The minimum absolute atomic E-state index is 0.0652. The molecule has 1 N–H and O–H groups in total. The molecule has 2 atom stereocenters. The monoisotopic (exact) mass is 266 g/mol. The maximum Gasteiger partial charge on any atom is 0.243 e. The van der Waals surface area contributed by atoms with Crippen molar-refractivity contribution < 1.29 is 9.59 Å². The Bertz CT molecular complexity index is 472. The number of amides is 2. The molecule has 0 saturated carbocycles. The quantitative estimate of drug-likeness (QED) is 0.887. The van der Waals surface area contributed by atoms with Crippen LogP contribution in [0, 0.1) is 0 Å². The lowest BCUT2D eigenvalue weighted by Gasteiger charge is -2.37. The predicted molar refractivity (Wildman–Crippen MR) is 69.2 cm³/mol. The Morgan fingerprint density at radius 1 is 1.33 bits per heavy atom. The number of benzene rings is 1. The van der Waals surface area contributed by atoms with Gasteiger partial charge in [0, 0.05) is 5.02 Å². The number of halogens is 1. The van der Waals surface area contributed by atoms with E-state index < -0.39 is 6.04 Å². The van der Waals surface area contributed by atoms with Crippen molar-refractivity contribution in [3.8, 4) is 0 Å². The number of carbonyl (C=O) groups is 2. The lowest BCUT2D eigenvalue weighted by molar-refractivity contribution is -0.147. The smallest absolute Gasteiger partial charge is 0.243 e. The van der Waals surface area contributed by atoms with E-state index >= 15 is 0 Å². The van der Waals surface area contributed by atoms with Crippen molar-refractivity contribution in [1.29, 1.82) is 0 Å². The molecule has 5 heteroatoms. The fourth-order valence-electron chi connectivity index (χ4n) is 2.20. The van der Waals surface area contributed by atoms with Crippen LogP contribution in [0.25, 0.3) is 0 Å². The Labute approximate surface area is 111 Å². The van der Waals surface area contributed by atoms with E-state index in [1.807, 2.05) is 19.1 Å². The highest BCUT2D eigenvalue weighted by molar-refractivity contribution is 6.30. The Balaban J connectivity index is 2.26. The maximum atomic E-state index is 11.9. The van der Waals surface area contributed by atoms with Crippen LogP contribution < -0.4 is 5.32 Å². The topological polar surface area (TPSA) is 49.4 Å². The SMILES string of the molecule is CC1C(=O)NCC(=O)N1C(C)c1ccc(Cl)cc1. The molecule has 1 aromatic carbocycles. The zero-order chi connectivity index (χ0) is 13.3. The third kappa shape index (κ3) is 2.34. The summed E-state index contributed by atoms with van der Waals surface area (Å²) in [5.41, 5.74) is 0.967. The molecule has 0 aliphatic carbocycles. The average Bonchev–Trinajstić information content (AvgIpc) is 2.35. The number of rotatable bonds is 2. The van der Waals surface area contributed by atoms with Gasteiger partial charge in [0.15, 0.2) is 0 Å². The van der Waals surface area contributed by atoms with Crippen LogP contribution in [0.2, 0.25) is 5.02 Å². The van der Waals surface area contributed by atoms with Crippen LogP contribution in [-0.4, -0.2) is 29.3 Å². The molecule has 1 fully saturated rings. The van der Waals surface area contributed by atoms with Crippen LogP contribution in [-0.2, 0) is 9.59 Å². The van der Waals surface area contributed by atoms with Gasteiger partial charge in [0.1, 0.15) is 6.04 Å². The molecule has 2 amide bonds. The van der Waals surface area contributed by atoms with Crippen LogP contribution in [0.4, 0.5) is 0 Å². The van der Waals surface area contributed by atoms with E-state index in [0.717, 1.165) is 5.56 Å². The second-order valence-electron chi connectivity index (χ2n) is 4.42.